The number of aryl methyl sites for hydroxylation is 1. The van der Waals surface area contributed by atoms with Gasteiger partial charge in [0.05, 0.1) is 12.1 Å². The molecule has 5 heteroatoms. The van der Waals surface area contributed by atoms with E-state index in [0.29, 0.717) is 17.9 Å². The summed E-state index contributed by atoms with van der Waals surface area (Å²) in [4.78, 5) is 28.1. The molecule has 1 amide bonds. The van der Waals surface area contributed by atoms with Crippen molar-refractivity contribution in [3.63, 3.8) is 0 Å². The number of furan rings is 1. The highest BCUT2D eigenvalue weighted by molar-refractivity contribution is 6.08. The van der Waals surface area contributed by atoms with Crippen LogP contribution in [0.1, 0.15) is 59.3 Å². The van der Waals surface area contributed by atoms with Crippen molar-refractivity contribution >= 4 is 22.5 Å². The van der Waals surface area contributed by atoms with Crippen molar-refractivity contribution in [3.05, 3.63) is 131 Å². The fourth-order valence-electron chi connectivity index (χ4n) is 5.05. The number of fused-ring (bicyclic) bond motifs is 1. The molecule has 5 aromatic rings. The number of amides is 1. The maximum atomic E-state index is 14.1. The van der Waals surface area contributed by atoms with Gasteiger partial charge in [-0.2, -0.15) is 5.26 Å². The predicted octanol–water partition coefficient (Wildman–Crippen LogP) is 7.99. The Bertz CT molecular complexity index is 1790. The molecule has 0 atom stereocenters. The van der Waals surface area contributed by atoms with Crippen LogP contribution >= 0.6 is 0 Å². The molecule has 0 bridgehead atoms. The van der Waals surface area contributed by atoms with E-state index in [0.717, 1.165) is 38.6 Å². The standard InChI is InChI=1S/C36H32N2O3/c1-24-12-15-28-8-5-6-11-33(28)34(24)35(40)38(23-32-19-18-31(21-37)41-32)22-26-13-16-27(17-14-26)29-9-7-10-30(20-29)36(3,4)25(2)39/h5-20H,22-23H2,1-4H3. The molecule has 5 nitrogen and oxygen atoms in total. The molecule has 204 valence electrons. The molecule has 4 aromatic carbocycles. The highest BCUT2D eigenvalue weighted by Crippen LogP contribution is 2.30. The maximum absolute atomic E-state index is 14.1. The first-order chi connectivity index (χ1) is 19.7. The lowest BCUT2D eigenvalue weighted by Crippen LogP contribution is -2.30. The van der Waals surface area contributed by atoms with Gasteiger partial charge in [0.15, 0.2) is 0 Å². The second-order valence-corrected chi connectivity index (χ2v) is 11.0. The summed E-state index contributed by atoms with van der Waals surface area (Å²) in [6.45, 7) is 8.06. The molecule has 5 rings (SSSR count). The van der Waals surface area contributed by atoms with Crippen LogP contribution in [0.3, 0.4) is 0 Å². The Labute approximate surface area is 240 Å². The molecule has 0 unspecified atom stereocenters. The van der Waals surface area contributed by atoms with Crippen LogP contribution in [0, 0.1) is 18.3 Å². The lowest BCUT2D eigenvalue weighted by Gasteiger charge is -2.24. The van der Waals surface area contributed by atoms with Crippen molar-refractivity contribution < 1.29 is 14.0 Å². The Hall–Kier alpha value is -4.95. The Morgan fingerprint density at radius 3 is 2.32 bits per heavy atom. The Morgan fingerprint density at radius 1 is 0.854 bits per heavy atom. The summed E-state index contributed by atoms with van der Waals surface area (Å²) in [5.74, 6) is 0.787. The SMILES string of the molecule is CC(=O)C(C)(C)c1cccc(-c2ccc(CN(Cc3ccc(C#N)o3)C(=O)c3c(C)ccc4ccccc34)cc2)c1. The average molecular weight is 541 g/mol. The van der Waals surface area contributed by atoms with Crippen LogP contribution < -0.4 is 0 Å². The van der Waals surface area contributed by atoms with Gasteiger partial charge in [-0.3, -0.25) is 9.59 Å². The first-order valence-electron chi connectivity index (χ1n) is 13.6. The number of hydrogen-bond acceptors (Lipinski definition) is 4. The Kier molecular flexibility index (Phi) is 7.59. The molecule has 1 aromatic heterocycles. The maximum Gasteiger partial charge on any atom is 0.255 e. The summed E-state index contributed by atoms with van der Waals surface area (Å²) in [6.07, 6.45) is 0. The number of carbonyl (C=O) groups excluding carboxylic acids is 2. The summed E-state index contributed by atoms with van der Waals surface area (Å²) in [7, 11) is 0. The summed E-state index contributed by atoms with van der Waals surface area (Å²) in [5, 5.41) is 11.1. The van der Waals surface area contributed by atoms with Gasteiger partial charge in [-0.25, -0.2) is 0 Å². The predicted molar refractivity (Wildman–Crippen MR) is 161 cm³/mol. The van der Waals surface area contributed by atoms with E-state index in [1.807, 2.05) is 106 Å². The minimum Gasteiger partial charge on any atom is -0.449 e. The topological polar surface area (TPSA) is 74.3 Å². The minimum absolute atomic E-state index is 0.0996. The molecule has 1 heterocycles. The van der Waals surface area contributed by atoms with Gasteiger partial charge in [0.2, 0.25) is 5.76 Å². The van der Waals surface area contributed by atoms with Crippen molar-refractivity contribution in [2.45, 2.75) is 46.2 Å². The number of nitriles is 1. The number of Topliss-reactive ketones (excluding diaryl/α,β-unsaturated/α-hetero) is 1. The van der Waals surface area contributed by atoms with E-state index in [1.54, 1.807) is 24.0 Å². The van der Waals surface area contributed by atoms with E-state index in [-0.39, 0.29) is 24.0 Å². The highest BCUT2D eigenvalue weighted by atomic mass is 16.3. The first-order valence-corrected chi connectivity index (χ1v) is 13.6. The molecular weight excluding hydrogens is 508 g/mol. The summed E-state index contributed by atoms with van der Waals surface area (Å²) < 4.78 is 5.66. The number of hydrogen-bond donors (Lipinski definition) is 0. The van der Waals surface area contributed by atoms with Gasteiger partial charge in [0.25, 0.3) is 5.91 Å². The fourth-order valence-corrected chi connectivity index (χ4v) is 5.05. The molecular formula is C36H32N2O3. The molecule has 0 saturated heterocycles. The number of carbonyl (C=O) groups is 2. The molecule has 0 aliphatic heterocycles. The quantitative estimate of drug-likeness (QED) is 0.200. The van der Waals surface area contributed by atoms with E-state index in [1.165, 1.54) is 0 Å². The first kappa shape index (κ1) is 27.6. The van der Waals surface area contributed by atoms with Gasteiger partial charge in [0.1, 0.15) is 17.6 Å². The second-order valence-electron chi connectivity index (χ2n) is 11.0. The smallest absolute Gasteiger partial charge is 0.255 e. The van der Waals surface area contributed by atoms with Gasteiger partial charge in [-0.1, -0.05) is 84.9 Å². The zero-order valence-electron chi connectivity index (χ0n) is 23.8. The van der Waals surface area contributed by atoms with Gasteiger partial charge < -0.3 is 9.32 Å². The molecule has 0 fully saturated rings. The summed E-state index contributed by atoms with van der Waals surface area (Å²) in [6, 6.07) is 33.5. The van der Waals surface area contributed by atoms with Gasteiger partial charge >= 0.3 is 0 Å². The molecule has 0 saturated carbocycles. The van der Waals surface area contributed by atoms with Crippen LogP contribution in [-0.2, 0) is 23.3 Å². The van der Waals surface area contributed by atoms with E-state index < -0.39 is 5.41 Å². The summed E-state index contributed by atoms with van der Waals surface area (Å²) in [5.41, 5.74) is 5.01. The summed E-state index contributed by atoms with van der Waals surface area (Å²) >= 11 is 0. The molecule has 0 spiro atoms. The normalized spacial score (nSPS) is 11.3. The van der Waals surface area contributed by atoms with E-state index in [4.69, 9.17) is 4.42 Å². The van der Waals surface area contributed by atoms with Crippen LogP contribution in [0.25, 0.3) is 21.9 Å². The lowest BCUT2D eigenvalue weighted by atomic mass is 9.80. The monoisotopic (exact) mass is 540 g/mol. The molecule has 0 aliphatic carbocycles. The Morgan fingerprint density at radius 2 is 1.61 bits per heavy atom. The van der Waals surface area contributed by atoms with Crippen LogP contribution in [0.4, 0.5) is 0 Å². The van der Waals surface area contributed by atoms with Crippen molar-refractivity contribution in [1.29, 1.82) is 5.26 Å². The highest BCUT2D eigenvalue weighted by Gasteiger charge is 2.26. The van der Waals surface area contributed by atoms with E-state index in [2.05, 4.69) is 6.07 Å². The minimum atomic E-state index is -0.562. The average Bonchev–Trinajstić information content (AvgIpc) is 3.44. The molecule has 0 radical (unpaired) electrons. The number of ketones is 1. The van der Waals surface area contributed by atoms with Crippen LogP contribution in [0.2, 0.25) is 0 Å². The molecule has 41 heavy (non-hydrogen) atoms. The number of benzene rings is 4. The van der Waals surface area contributed by atoms with Crippen LogP contribution in [0.15, 0.2) is 101 Å². The van der Waals surface area contributed by atoms with Gasteiger partial charge in [-0.15, -0.1) is 0 Å². The zero-order valence-corrected chi connectivity index (χ0v) is 23.8. The van der Waals surface area contributed by atoms with Crippen molar-refractivity contribution in [2.24, 2.45) is 0 Å². The third-order valence-electron chi connectivity index (χ3n) is 7.88. The van der Waals surface area contributed by atoms with Crippen molar-refractivity contribution in [3.8, 4) is 17.2 Å². The lowest BCUT2D eigenvalue weighted by molar-refractivity contribution is -0.121. The number of nitrogens with zero attached hydrogens (tertiary/aromatic N) is 2. The Balaban J connectivity index is 1.47. The second kappa shape index (κ2) is 11.3. The molecule has 0 N–H and O–H groups in total. The van der Waals surface area contributed by atoms with Crippen LogP contribution in [0.5, 0.6) is 0 Å². The van der Waals surface area contributed by atoms with Crippen LogP contribution in [-0.4, -0.2) is 16.6 Å². The number of rotatable bonds is 8. The van der Waals surface area contributed by atoms with E-state index in [9.17, 15) is 14.9 Å². The zero-order chi connectivity index (χ0) is 29.1. The van der Waals surface area contributed by atoms with Crippen molar-refractivity contribution in [2.75, 3.05) is 0 Å². The molecule has 0 aliphatic rings. The van der Waals surface area contributed by atoms with Gasteiger partial charge in [-0.05, 0) is 78.4 Å². The largest absolute Gasteiger partial charge is 0.449 e. The third-order valence-corrected chi connectivity index (χ3v) is 7.88. The fraction of sp³-hybridized carbons (Fsp3) is 0.194. The van der Waals surface area contributed by atoms with E-state index >= 15 is 0 Å². The third kappa shape index (κ3) is 5.69. The van der Waals surface area contributed by atoms with Gasteiger partial charge in [0, 0.05) is 12.0 Å². The van der Waals surface area contributed by atoms with Crippen molar-refractivity contribution in [1.82, 2.24) is 4.90 Å².